The predicted octanol–water partition coefficient (Wildman–Crippen LogP) is 2.72. The number of nitrogens with zero attached hydrogens (tertiary/aromatic N) is 3. The molecule has 1 atom stereocenters. The average molecular weight is 434 g/mol. The molecule has 0 saturated carbocycles. The number of amides is 1. The van der Waals surface area contributed by atoms with Gasteiger partial charge in [-0.2, -0.15) is 5.10 Å². The van der Waals surface area contributed by atoms with Gasteiger partial charge in [0.15, 0.2) is 0 Å². The molecule has 32 heavy (non-hydrogen) atoms. The molecule has 0 radical (unpaired) electrons. The third-order valence-electron chi connectivity index (χ3n) is 6.10. The molecule has 0 unspecified atom stereocenters. The number of hydrazine groups is 1. The molecular weight excluding hydrogens is 402 g/mol. The van der Waals surface area contributed by atoms with E-state index in [2.05, 4.69) is 27.3 Å². The Kier molecular flexibility index (Phi) is 6.43. The number of carbonyl (C=O) groups excluding carboxylic acids is 1. The number of benzene rings is 2. The maximum absolute atomic E-state index is 12.5. The minimum Gasteiger partial charge on any atom is -0.396 e. The van der Waals surface area contributed by atoms with E-state index >= 15 is 0 Å². The van der Waals surface area contributed by atoms with E-state index in [0.717, 1.165) is 36.0 Å². The SMILES string of the molecule is CCN1CCC[C@@H]1CNC(=O)c1ccc(N(N)/C=C(\N)c2n[nH]c3ccc(C)cc23)cc1. The number of aryl methyl sites for hydroxylation is 1. The number of rotatable bonds is 7. The van der Waals surface area contributed by atoms with Crippen molar-refractivity contribution in [3.63, 3.8) is 0 Å². The first kappa shape index (κ1) is 21.9. The third-order valence-corrected chi connectivity index (χ3v) is 6.10. The third kappa shape index (κ3) is 4.61. The minimum atomic E-state index is -0.0727. The van der Waals surface area contributed by atoms with E-state index < -0.39 is 0 Å². The van der Waals surface area contributed by atoms with Gasteiger partial charge in [-0.1, -0.05) is 18.6 Å². The summed E-state index contributed by atoms with van der Waals surface area (Å²) in [7, 11) is 0. The monoisotopic (exact) mass is 433 g/mol. The Morgan fingerprint density at radius 2 is 2.09 bits per heavy atom. The number of likely N-dealkylation sites (N-methyl/N-ethyl adjacent to an activating group) is 1. The quantitative estimate of drug-likeness (QED) is 0.336. The van der Waals surface area contributed by atoms with Crippen LogP contribution in [0.15, 0.2) is 48.7 Å². The fourth-order valence-corrected chi connectivity index (χ4v) is 4.27. The Hall–Kier alpha value is -3.36. The molecule has 0 aliphatic carbocycles. The number of hydrogen-bond acceptors (Lipinski definition) is 6. The van der Waals surface area contributed by atoms with Gasteiger partial charge in [0, 0.05) is 29.7 Å². The summed E-state index contributed by atoms with van der Waals surface area (Å²) < 4.78 is 0. The molecule has 1 amide bonds. The second-order valence-electron chi connectivity index (χ2n) is 8.29. The molecule has 0 spiro atoms. The number of aromatic nitrogens is 2. The number of H-pyrrole nitrogens is 1. The molecule has 8 nitrogen and oxygen atoms in total. The van der Waals surface area contributed by atoms with Gasteiger partial charge >= 0.3 is 0 Å². The van der Waals surface area contributed by atoms with Gasteiger partial charge in [0.05, 0.1) is 16.9 Å². The van der Waals surface area contributed by atoms with Crippen molar-refractivity contribution in [3.05, 3.63) is 65.5 Å². The molecule has 4 rings (SSSR count). The number of nitrogens with one attached hydrogen (secondary N) is 2. The molecule has 3 aromatic rings. The molecule has 0 bridgehead atoms. The van der Waals surface area contributed by atoms with Crippen molar-refractivity contribution in [2.24, 2.45) is 11.6 Å². The zero-order valence-electron chi connectivity index (χ0n) is 18.6. The van der Waals surface area contributed by atoms with Crippen LogP contribution in [-0.4, -0.2) is 46.7 Å². The van der Waals surface area contributed by atoms with Gasteiger partial charge in [0.2, 0.25) is 0 Å². The molecular formula is C24H31N7O. The largest absolute Gasteiger partial charge is 0.396 e. The number of anilines is 1. The maximum Gasteiger partial charge on any atom is 0.251 e. The van der Waals surface area contributed by atoms with Crippen molar-refractivity contribution < 1.29 is 4.79 Å². The van der Waals surface area contributed by atoms with Crippen LogP contribution < -0.4 is 21.9 Å². The predicted molar refractivity (Wildman–Crippen MR) is 129 cm³/mol. The average Bonchev–Trinajstić information content (AvgIpc) is 3.43. The molecule has 1 aliphatic rings. The molecule has 168 valence electrons. The van der Waals surface area contributed by atoms with Crippen LogP contribution in [0.5, 0.6) is 0 Å². The smallest absolute Gasteiger partial charge is 0.251 e. The Morgan fingerprint density at radius 3 is 2.84 bits per heavy atom. The highest BCUT2D eigenvalue weighted by molar-refractivity contribution is 5.94. The van der Waals surface area contributed by atoms with Gasteiger partial charge < -0.3 is 11.1 Å². The summed E-state index contributed by atoms with van der Waals surface area (Å²) >= 11 is 0. The second-order valence-corrected chi connectivity index (χ2v) is 8.29. The molecule has 2 aromatic carbocycles. The van der Waals surface area contributed by atoms with Crippen LogP contribution in [0.4, 0.5) is 5.69 Å². The van der Waals surface area contributed by atoms with Crippen molar-refractivity contribution in [2.45, 2.75) is 32.7 Å². The number of aromatic amines is 1. The number of likely N-dealkylation sites (tertiary alicyclic amines) is 1. The van der Waals surface area contributed by atoms with Gasteiger partial charge in [-0.05, 0) is 69.3 Å². The summed E-state index contributed by atoms with van der Waals surface area (Å²) in [6, 6.07) is 13.6. The van der Waals surface area contributed by atoms with Crippen LogP contribution in [0, 0.1) is 6.92 Å². The van der Waals surface area contributed by atoms with E-state index in [-0.39, 0.29) is 5.91 Å². The van der Waals surface area contributed by atoms with Gasteiger partial charge in [-0.15, -0.1) is 0 Å². The maximum atomic E-state index is 12.5. The van der Waals surface area contributed by atoms with Crippen molar-refractivity contribution >= 4 is 28.2 Å². The number of carbonyl (C=O) groups is 1. The van der Waals surface area contributed by atoms with Gasteiger partial charge in [-0.3, -0.25) is 19.8 Å². The van der Waals surface area contributed by atoms with E-state index in [9.17, 15) is 4.79 Å². The molecule has 2 heterocycles. The number of nitrogens with two attached hydrogens (primary N) is 2. The number of hydrogen-bond donors (Lipinski definition) is 4. The summed E-state index contributed by atoms with van der Waals surface area (Å²) in [5.74, 6) is 6.13. The van der Waals surface area contributed by atoms with Crippen LogP contribution in [0.25, 0.3) is 16.6 Å². The van der Waals surface area contributed by atoms with E-state index in [1.165, 1.54) is 11.4 Å². The topological polar surface area (TPSA) is 116 Å². The number of fused-ring (bicyclic) bond motifs is 1. The second kappa shape index (κ2) is 9.42. The standard InChI is InChI=1S/C24H31N7O/c1-3-30-12-4-5-19(30)14-27-24(32)17-7-9-18(10-8-17)31(26)15-21(25)23-20-13-16(2)6-11-22(20)28-29-23/h6-11,13,15,19H,3-5,12,14,25-26H2,1-2H3,(H,27,32)(H,28,29)/b21-15-/t19-/m1/s1. The first-order valence-corrected chi connectivity index (χ1v) is 11.0. The summed E-state index contributed by atoms with van der Waals surface area (Å²) in [6.07, 6.45) is 3.96. The van der Waals surface area contributed by atoms with E-state index in [1.54, 1.807) is 30.5 Å². The van der Waals surface area contributed by atoms with Crippen molar-refractivity contribution in [2.75, 3.05) is 24.6 Å². The summed E-state index contributed by atoms with van der Waals surface area (Å²) in [5, 5.41) is 12.8. The first-order valence-electron chi connectivity index (χ1n) is 11.0. The Morgan fingerprint density at radius 1 is 1.31 bits per heavy atom. The fourth-order valence-electron chi connectivity index (χ4n) is 4.27. The Balaban J connectivity index is 1.41. The summed E-state index contributed by atoms with van der Waals surface area (Å²) in [4.78, 5) is 15.0. The molecule has 6 N–H and O–H groups in total. The van der Waals surface area contributed by atoms with Crippen molar-refractivity contribution in [3.8, 4) is 0 Å². The fraction of sp³-hybridized carbons (Fsp3) is 0.333. The Bertz CT molecular complexity index is 1120. The van der Waals surface area contributed by atoms with Crippen molar-refractivity contribution in [1.29, 1.82) is 0 Å². The minimum absolute atomic E-state index is 0.0727. The molecule has 1 saturated heterocycles. The van der Waals surface area contributed by atoms with E-state index in [4.69, 9.17) is 11.6 Å². The van der Waals surface area contributed by atoms with Gasteiger partial charge in [-0.25, -0.2) is 5.84 Å². The summed E-state index contributed by atoms with van der Waals surface area (Å²) in [5.41, 5.74) is 10.8. The Labute approximate surface area is 188 Å². The van der Waals surface area contributed by atoms with Crippen molar-refractivity contribution in [1.82, 2.24) is 20.4 Å². The van der Waals surface area contributed by atoms with E-state index in [0.29, 0.717) is 35.2 Å². The van der Waals surface area contributed by atoms with Crippen LogP contribution in [0.3, 0.4) is 0 Å². The zero-order chi connectivity index (χ0) is 22.7. The lowest BCUT2D eigenvalue weighted by molar-refractivity contribution is 0.0941. The highest BCUT2D eigenvalue weighted by atomic mass is 16.1. The molecule has 1 aromatic heterocycles. The van der Waals surface area contributed by atoms with Gasteiger partial charge in [0.25, 0.3) is 5.91 Å². The van der Waals surface area contributed by atoms with Gasteiger partial charge in [0.1, 0.15) is 5.69 Å². The van der Waals surface area contributed by atoms with E-state index in [1.807, 2.05) is 25.1 Å². The van der Waals surface area contributed by atoms with Crippen LogP contribution in [0.1, 0.15) is 41.4 Å². The molecule has 1 aliphatic heterocycles. The lowest BCUT2D eigenvalue weighted by atomic mass is 10.1. The lowest BCUT2D eigenvalue weighted by Gasteiger charge is -2.23. The first-order chi connectivity index (χ1) is 15.5. The molecule has 8 heteroatoms. The molecule has 1 fully saturated rings. The van der Waals surface area contributed by atoms with Crippen LogP contribution in [0.2, 0.25) is 0 Å². The highest BCUT2D eigenvalue weighted by Crippen LogP contribution is 2.22. The highest BCUT2D eigenvalue weighted by Gasteiger charge is 2.23. The zero-order valence-corrected chi connectivity index (χ0v) is 18.6. The summed E-state index contributed by atoms with van der Waals surface area (Å²) in [6.45, 7) is 6.99. The lowest BCUT2D eigenvalue weighted by Crippen LogP contribution is -2.40. The van der Waals surface area contributed by atoms with Crippen LogP contribution >= 0.6 is 0 Å². The van der Waals surface area contributed by atoms with Crippen LogP contribution in [-0.2, 0) is 0 Å². The normalized spacial score (nSPS) is 17.1.